The van der Waals surface area contributed by atoms with Crippen LogP contribution in [0, 0.1) is 23.2 Å². The number of rotatable bonds is 4. The molecule has 0 saturated carbocycles. The molecule has 7 nitrogen and oxygen atoms in total. The summed E-state index contributed by atoms with van der Waals surface area (Å²) in [6.45, 7) is 0.912. The highest BCUT2D eigenvalue weighted by molar-refractivity contribution is 6.00. The number of carboxylic acids is 1. The first-order valence-electron chi connectivity index (χ1n) is 9.02. The monoisotopic (exact) mass is 373 g/mol. The van der Waals surface area contributed by atoms with E-state index in [0.717, 1.165) is 11.3 Å². The summed E-state index contributed by atoms with van der Waals surface area (Å²) >= 11 is 0. The number of imidazole rings is 1. The van der Waals surface area contributed by atoms with E-state index in [1.807, 2.05) is 10.6 Å². The number of hydrogen-bond acceptors (Lipinski definition) is 6. The fraction of sp³-hybridized carbons (Fsp3) is 0.238. The van der Waals surface area contributed by atoms with Crippen molar-refractivity contribution in [1.29, 1.82) is 5.26 Å². The van der Waals surface area contributed by atoms with Gasteiger partial charge in [0, 0.05) is 47.9 Å². The molecule has 3 heterocycles. The van der Waals surface area contributed by atoms with E-state index in [4.69, 9.17) is 5.26 Å². The smallest absolute Gasteiger partial charge is 0.167 e. The molecule has 0 aliphatic carbocycles. The number of piperidine rings is 1. The van der Waals surface area contributed by atoms with Crippen LogP contribution in [0.25, 0.3) is 16.9 Å². The number of hydrogen-bond donors (Lipinski definition) is 1. The zero-order chi connectivity index (χ0) is 19.7. The molecule has 1 aromatic carbocycles. The topological polar surface area (TPSA) is 110 Å². The minimum absolute atomic E-state index is 0.193. The summed E-state index contributed by atoms with van der Waals surface area (Å²) in [5.41, 5.74) is 3.23. The molecule has 7 heteroatoms. The van der Waals surface area contributed by atoms with E-state index in [0.29, 0.717) is 36.3 Å². The van der Waals surface area contributed by atoms with Gasteiger partial charge in [-0.05, 0) is 25.1 Å². The number of nitrogens with one attached hydrogen (secondary N) is 1. The predicted octanol–water partition coefficient (Wildman–Crippen LogP) is 1.03. The van der Waals surface area contributed by atoms with Crippen molar-refractivity contribution in [3.63, 3.8) is 0 Å². The van der Waals surface area contributed by atoms with Crippen LogP contribution in [0.5, 0.6) is 0 Å². The van der Waals surface area contributed by atoms with Gasteiger partial charge < -0.3 is 19.6 Å². The lowest BCUT2D eigenvalue weighted by atomic mass is 9.81. The van der Waals surface area contributed by atoms with Crippen LogP contribution in [0.1, 0.15) is 22.3 Å². The van der Waals surface area contributed by atoms with E-state index < -0.39 is 17.8 Å². The molecule has 4 rings (SSSR count). The van der Waals surface area contributed by atoms with Gasteiger partial charge in [0.2, 0.25) is 0 Å². The number of pyridine rings is 1. The Kier molecular flexibility index (Phi) is 4.63. The highest BCUT2D eigenvalue weighted by Gasteiger charge is 2.32. The third-order valence-electron chi connectivity index (χ3n) is 5.18. The number of aromatic nitrogens is 2. The average Bonchev–Trinajstić information content (AvgIpc) is 3.16. The first-order chi connectivity index (χ1) is 13.6. The first-order valence-corrected chi connectivity index (χ1v) is 9.02. The van der Waals surface area contributed by atoms with Crippen molar-refractivity contribution in [2.45, 2.75) is 6.42 Å². The number of aliphatic carboxylic acids is 1. The molecule has 1 N–H and O–H groups in total. The van der Waals surface area contributed by atoms with E-state index in [2.05, 4.69) is 16.4 Å². The Labute approximate surface area is 161 Å². The molecule has 1 fully saturated rings. The van der Waals surface area contributed by atoms with Gasteiger partial charge in [0.25, 0.3) is 0 Å². The summed E-state index contributed by atoms with van der Waals surface area (Å²) in [6.07, 6.45) is 4.02. The van der Waals surface area contributed by atoms with Crippen LogP contribution in [0.15, 0.2) is 48.8 Å². The number of carboxylic acid groups (broad SMARTS) is 1. The van der Waals surface area contributed by atoms with Gasteiger partial charge in [-0.2, -0.15) is 5.26 Å². The minimum Gasteiger partial charge on any atom is -0.550 e. The standard InChI is InChI=1S/C21H18N4O3/c22-10-13-6-8-25-12-18(24-19(25)9-13)14-1-3-15(4-2-14)20(26)17-11-23-7-5-16(17)21(27)28/h1-4,6,8-9,12,16-17,23H,5,7,11H2,(H,27,28)/p-1. The van der Waals surface area contributed by atoms with Gasteiger partial charge >= 0.3 is 0 Å². The molecule has 0 amide bonds. The van der Waals surface area contributed by atoms with Crippen molar-refractivity contribution >= 4 is 17.4 Å². The second-order valence-corrected chi connectivity index (χ2v) is 6.89. The third kappa shape index (κ3) is 3.26. The van der Waals surface area contributed by atoms with E-state index in [1.165, 1.54) is 0 Å². The fourth-order valence-corrected chi connectivity index (χ4v) is 3.63. The van der Waals surface area contributed by atoms with Gasteiger partial charge in [-0.15, -0.1) is 0 Å². The van der Waals surface area contributed by atoms with Crippen molar-refractivity contribution in [3.05, 3.63) is 59.9 Å². The number of Topliss-reactive ketones (excluding diaryl/α,β-unsaturated/α-hetero) is 1. The molecule has 0 spiro atoms. The molecule has 1 saturated heterocycles. The Morgan fingerprint density at radius 2 is 2.00 bits per heavy atom. The van der Waals surface area contributed by atoms with Crippen LogP contribution in [0.4, 0.5) is 0 Å². The number of carbonyl (C=O) groups excluding carboxylic acids is 2. The van der Waals surface area contributed by atoms with Crippen LogP contribution in [-0.4, -0.2) is 34.2 Å². The molecule has 2 aromatic heterocycles. The van der Waals surface area contributed by atoms with Crippen molar-refractivity contribution in [3.8, 4) is 17.3 Å². The second kappa shape index (κ2) is 7.25. The Balaban J connectivity index is 1.59. The van der Waals surface area contributed by atoms with E-state index >= 15 is 0 Å². The van der Waals surface area contributed by atoms with Crippen molar-refractivity contribution in [1.82, 2.24) is 14.7 Å². The SMILES string of the molecule is N#Cc1ccn2cc(-c3ccc(C(=O)C4CNCCC4C(=O)[O-])cc3)nc2c1. The summed E-state index contributed by atoms with van der Waals surface area (Å²) in [5, 5.41) is 23.4. The van der Waals surface area contributed by atoms with Crippen LogP contribution >= 0.6 is 0 Å². The molecule has 1 aliphatic heterocycles. The van der Waals surface area contributed by atoms with Crippen LogP contribution in [0.2, 0.25) is 0 Å². The van der Waals surface area contributed by atoms with Gasteiger partial charge in [0.15, 0.2) is 5.78 Å². The summed E-state index contributed by atoms with van der Waals surface area (Å²) in [4.78, 5) is 28.7. The third-order valence-corrected chi connectivity index (χ3v) is 5.18. The quantitative estimate of drug-likeness (QED) is 0.684. The van der Waals surface area contributed by atoms with Gasteiger partial charge in [-0.25, -0.2) is 4.98 Å². The average molecular weight is 373 g/mol. The predicted molar refractivity (Wildman–Crippen MR) is 99.1 cm³/mol. The number of nitrogens with zero attached hydrogens (tertiary/aromatic N) is 3. The maximum atomic E-state index is 12.8. The van der Waals surface area contributed by atoms with Gasteiger partial charge in [-0.3, -0.25) is 4.79 Å². The van der Waals surface area contributed by atoms with E-state index in [9.17, 15) is 14.7 Å². The Morgan fingerprint density at radius 1 is 1.21 bits per heavy atom. The zero-order valence-corrected chi connectivity index (χ0v) is 15.0. The second-order valence-electron chi connectivity index (χ2n) is 6.89. The molecule has 140 valence electrons. The molecule has 0 bridgehead atoms. The van der Waals surface area contributed by atoms with E-state index in [-0.39, 0.29) is 5.78 Å². The zero-order valence-electron chi connectivity index (χ0n) is 15.0. The Morgan fingerprint density at radius 3 is 2.71 bits per heavy atom. The molecule has 0 radical (unpaired) electrons. The summed E-state index contributed by atoms with van der Waals surface area (Å²) in [7, 11) is 0. The molecule has 28 heavy (non-hydrogen) atoms. The number of ketones is 1. The Bertz CT molecular complexity index is 1100. The van der Waals surface area contributed by atoms with Crippen molar-refractivity contribution in [2.24, 2.45) is 11.8 Å². The van der Waals surface area contributed by atoms with Crippen molar-refractivity contribution < 1.29 is 14.7 Å². The highest BCUT2D eigenvalue weighted by Crippen LogP contribution is 2.25. The molecule has 1 aliphatic rings. The summed E-state index contributed by atoms with van der Waals surface area (Å²) in [6, 6.07) is 12.5. The maximum absolute atomic E-state index is 12.8. The number of nitriles is 1. The van der Waals surface area contributed by atoms with Gasteiger partial charge in [0.05, 0.1) is 17.3 Å². The van der Waals surface area contributed by atoms with Crippen LogP contribution < -0.4 is 10.4 Å². The lowest BCUT2D eigenvalue weighted by molar-refractivity contribution is -0.313. The van der Waals surface area contributed by atoms with Crippen LogP contribution in [0.3, 0.4) is 0 Å². The molecular weight excluding hydrogens is 356 g/mol. The molecular formula is C21H17N4O3-. The lowest BCUT2D eigenvalue weighted by Crippen LogP contribution is -2.48. The fourth-order valence-electron chi connectivity index (χ4n) is 3.63. The molecule has 3 aromatic rings. The van der Waals surface area contributed by atoms with Gasteiger partial charge in [0.1, 0.15) is 5.65 Å². The lowest BCUT2D eigenvalue weighted by Gasteiger charge is -2.31. The Hall–Kier alpha value is -3.50. The summed E-state index contributed by atoms with van der Waals surface area (Å²) in [5.74, 6) is -2.75. The molecule has 2 unspecified atom stereocenters. The largest absolute Gasteiger partial charge is 0.550 e. The number of fused-ring (bicyclic) bond motifs is 1. The first kappa shape index (κ1) is 17.9. The van der Waals surface area contributed by atoms with Crippen molar-refractivity contribution in [2.75, 3.05) is 13.1 Å². The number of benzene rings is 1. The molecule has 2 atom stereocenters. The van der Waals surface area contributed by atoms with Gasteiger partial charge in [-0.1, -0.05) is 24.3 Å². The number of carbonyl (C=O) groups is 2. The summed E-state index contributed by atoms with van der Waals surface area (Å²) < 4.78 is 1.83. The minimum atomic E-state index is -1.17. The highest BCUT2D eigenvalue weighted by atomic mass is 16.4. The normalized spacial score (nSPS) is 19.2. The van der Waals surface area contributed by atoms with E-state index in [1.54, 1.807) is 42.6 Å². The maximum Gasteiger partial charge on any atom is 0.167 e. The van der Waals surface area contributed by atoms with Crippen LogP contribution in [-0.2, 0) is 4.79 Å².